The number of carbonyl (C=O) groups is 1. The van der Waals surface area contributed by atoms with Gasteiger partial charge in [-0.1, -0.05) is 36.7 Å². The number of sulfone groups is 1. The highest BCUT2D eigenvalue weighted by Crippen LogP contribution is 2.49. The first kappa shape index (κ1) is 34.3. The largest absolute Gasteiger partial charge is 0.490 e. The lowest BCUT2D eigenvalue weighted by Crippen LogP contribution is -2.55. The number of fused-ring (bicyclic) bond motifs is 4. The van der Waals surface area contributed by atoms with E-state index in [1.165, 1.54) is 17.4 Å². The van der Waals surface area contributed by atoms with Gasteiger partial charge in [0.25, 0.3) is 5.91 Å². The standard InChI is InChI=1S/C36H47ClN2O6S2/c1-24-8-6-17-36(44-3,23-46(4,41)42)31-13-10-28(31)20-39-21-35(16-7-9-26-18-29(37)12-14-30(26)35)22-45-33-15-11-27(19-32(33)39)34(40)38-47(5,43)25(24)2/h6,11-12,14-15,17-19,24-25,28,31H,5,7-10,13,16,20-23H2,1-4H3,(H,38,40,43)/b17-6+/t24-,25+,28-,31+,35-,36-,47?/m0/s1. The van der Waals surface area contributed by atoms with Crippen molar-refractivity contribution < 1.29 is 26.9 Å². The van der Waals surface area contributed by atoms with E-state index in [4.69, 9.17) is 21.1 Å². The number of aryl methyl sites for hydroxylation is 1. The van der Waals surface area contributed by atoms with E-state index in [0.717, 1.165) is 42.8 Å². The summed E-state index contributed by atoms with van der Waals surface area (Å²) in [6.45, 7) is 5.58. The zero-order valence-electron chi connectivity index (χ0n) is 27.8. The van der Waals surface area contributed by atoms with Gasteiger partial charge >= 0.3 is 0 Å². The van der Waals surface area contributed by atoms with Crippen molar-refractivity contribution in [2.45, 2.75) is 68.6 Å². The van der Waals surface area contributed by atoms with Gasteiger partial charge in [-0.25, -0.2) is 12.6 Å². The maximum atomic E-state index is 13.8. The summed E-state index contributed by atoms with van der Waals surface area (Å²) in [5, 5.41) is 0.282. The Hall–Kier alpha value is -2.53. The molecule has 2 bridgehead atoms. The van der Waals surface area contributed by atoms with Gasteiger partial charge in [-0.3, -0.25) is 9.52 Å². The molecule has 2 heterocycles. The van der Waals surface area contributed by atoms with E-state index < -0.39 is 36.3 Å². The average Bonchev–Trinajstić information content (AvgIpc) is 3.14. The molecule has 7 atom stereocenters. The summed E-state index contributed by atoms with van der Waals surface area (Å²) in [7, 11) is -4.82. The summed E-state index contributed by atoms with van der Waals surface area (Å²) in [4.78, 5) is 16.0. The summed E-state index contributed by atoms with van der Waals surface area (Å²) in [5.74, 6) is 4.09. The second-order valence-corrected chi connectivity index (χ2v) is 19.4. The monoisotopic (exact) mass is 702 g/mol. The van der Waals surface area contributed by atoms with Gasteiger partial charge in [0.05, 0.1) is 27.8 Å². The Kier molecular flexibility index (Phi) is 9.30. The van der Waals surface area contributed by atoms with Crippen molar-refractivity contribution in [2.75, 3.05) is 43.7 Å². The molecular formula is C36H47ClN2O6S2. The zero-order valence-corrected chi connectivity index (χ0v) is 30.2. The lowest BCUT2D eigenvalue weighted by Gasteiger charge is -2.50. The zero-order chi connectivity index (χ0) is 33.8. The Morgan fingerprint density at radius 3 is 2.68 bits per heavy atom. The van der Waals surface area contributed by atoms with Gasteiger partial charge < -0.3 is 14.4 Å². The molecule has 0 saturated heterocycles. The third-order valence-corrected chi connectivity index (χ3v) is 14.6. The molecule has 0 radical (unpaired) electrons. The fraction of sp³-hybridized carbons (Fsp3) is 0.556. The molecule has 47 heavy (non-hydrogen) atoms. The van der Waals surface area contributed by atoms with Gasteiger partial charge in [-0.15, -0.1) is 0 Å². The maximum Gasteiger partial charge on any atom is 0.262 e. The Balaban J connectivity index is 1.48. The molecule has 256 valence electrons. The quantitative estimate of drug-likeness (QED) is 0.328. The van der Waals surface area contributed by atoms with Gasteiger partial charge in [-0.05, 0) is 111 Å². The fourth-order valence-corrected chi connectivity index (χ4v) is 11.2. The molecule has 1 unspecified atom stereocenters. The number of rotatable bonds is 3. The molecule has 1 saturated carbocycles. The minimum absolute atomic E-state index is 0.0383. The highest BCUT2D eigenvalue weighted by Gasteiger charge is 2.50. The number of amides is 1. The van der Waals surface area contributed by atoms with Crippen LogP contribution in [0.3, 0.4) is 0 Å². The second-order valence-electron chi connectivity index (χ2n) is 14.4. The molecule has 2 aliphatic carbocycles. The molecule has 8 nitrogen and oxygen atoms in total. The van der Waals surface area contributed by atoms with Crippen LogP contribution in [0, 0.1) is 17.8 Å². The van der Waals surface area contributed by atoms with Crippen molar-refractivity contribution in [2.24, 2.45) is 17.8 Å². The van der Waals surface area contributed by atoms with Gasteiger partial charge in [0.15, 0.2) is 9.84 Å². The molecule has 1 spiro atoms. The molecule has 2 aliphatic heterocycles. The van der Waals surface area contributed by atoms with Crippen LogP contribution < -0.4 is 14.4 Å². The number of ether oxygens (including phenoxy) is 2. The molecule has 2 aromatic carbocycles. The minimum atomic E-state index is -3.40. The van der Waals surface area contributed by atoms with Crippen LogP contribution in [0.2, 0.25) is 5.02 Å². The van der Waals surface area contributed by atoms with Crippen LogP contribution in [-0.2, 0) is 36.1 Å². The van der Waals surface area contributed by atoms with E-state index in [1.807, 2.05) is 44.2 Å². The molecule has 0 aromatic heterocycles. The first-order valence-corrected chi connectivity index (χ1v) is 20.8. The van der Waals surface area contributed by atoms with Crippen LogP contribution in [-0.4, -0.2) is 74.1 Å². The van der Waals surface area contributed by atoms with Gasteiger partial charge in [0, 0.05) is 47.7 Å². The topological polar surface area (TPSA) is 102 Å². The third-order valence-electron chi connectivity index (χ3n) is 11.2. The Labute approximate surface area is 285 Å². The third kappa shape index (κ3) is 6.72. The van der Waals surface area contributed by atoms with Crippen LogP contribution in [0.1, 0.15) is 67.4 Å². The predicted octanol–water partition coefficient (Wildman–Crippen LogP) is 5.61. The molecule has 4 aliphatic rings. The number of hydrogen-bond donors (Lipinski definition) is 1. The minimum Gasteiger partial charge on any atom is -0.490 e. The second kappa shape index (κ2) is 12.7. The van der Waals surface area contributed by atoms with Gasteiger partial charge in [-0.2, -0.15) is 0 Å². The molecule has 1 fully saturated rings. The maximum absolute atomic E-state index is 13.8. The summed E-state index contributed by atoms with van der Waals surface area (Å²) >= 11 is 6.44. The lowest BCUT2D eigenvalue weighted by atomic mass is 9.64. The summed E-state index contributed by atoms with van der Waals surface area (Å²) < 4.78 is 55.1. The number of methoxy groups -OCH3 is 1. The highest BCUT2D eigenvalue weighted by atomic mass is 35.5. The fourth-order valence-electron chi connectivity index (χ4n) is 8.29. The van der Waals surface area contributed by atoms with Crippen molar-refractivity contribution in [3.63, 3.8) is 0 Å². The van der Waals surface area contributed by atoms with E-state index >= 15 is 0 Å². The van der Waals surface area contributed by atoms with Crippen LogP contribution in [0.25, 0.3) is 0 Å². The number of hydrogen-bond acceptors (Lipinski definition) is 7. The summed E-state index contributed by atoms with van der Waals surface area (Å²) in [6.07, 6.45) is 10.4. The number of nitrogens with zero attached hydrogens (tertiary/aromatic N) is 1. The Morgan fingerprint density at radius 2 is 1.98 bits per heavy atom. The van der Waals surface area contributed by atoms with E-state index in [0.29, 0.717) is 37.4 Å². The van der Waals surface area contributed by atoms with Crippen molar-refractivity contribution >= 4 is 48.6 Å². The molecule has 11 heteroatoms. The Morgan fingerprint density at radius 1 is 1.19 bits per heavy atom. The first-order chi connectivity index (χ1) is 22.2. The van der Waals surface area contributed by atoms with Crippen LogP contribution >= 0.6 is 11.6 Å². The van der Waals surface area contributed by atoms with Crippen molar-refractivity contribution in [3.8, 4) is 5.75 Å². The van der Waals surface area contributed by atoms with E-state index in [-0.39, 0.29) is 28.9 Å². The Bertz CT molecular complexity index is 1790. The number of nitrogens with one attached hydrogen (secondary N) is 1. The summed E-state index contributed by atoms with van der Waals surface area (Å²) in [5.41, 5.74) is 2.35. The molecule has 1 N–H and O–H groups in total. The van der Waals surface area contributed by atoms with Crippen molar-refractivity contribution in [1.82, 2.24) is 4.72 Å². The molecular weight excluding hydrogens is 656 g/mol. The number of anilines is 1. The van der Waals surface area contributed by atoms with Crippen molar-refractivity contribution in [3.05, 3.63) is 70.3 Å². The normalized spacial score (nSPS) is 35.0. The van der Waals surface area contributed by atoms with E-state index in [9.17, 15) is 17.4 Å². The molecule has 2 aromatic rings. The SMILES string of the molecule is C=S1(=O)NC(=O)c2ccc3c(c2)N(C[C@@H]2CC[C@H]2[C@](CS(C)(=O)=O)(OC)/C=C/C[C@H](C)[C@H]1C)C[C@@]1(CCCc2cc(Cl)ccc21)CO3. The molecule has 6 rings (SSSR count). The number of carbonyl (C=O) groups excluding carboxylic acids is 1. The number of benzene rings is 2. The first-order valence-electron chi connectivity index (χ1n) is 16.5. The smallest absolute Gasteiger partial charge is 0.262 e. The summed E-state index contributed by atoms with van der Waals surface area (Å²) in [6, 6.07) is 11.6. The van der Waals surface area contributed by atoms with E-state index in [1.54, 1.807) is 13.2 Å². The van der Waals surface area contributed by atoms with Crippen molar-refractivity contribution in [1.29, 1.82) is 0 Å². The van der Waals surface area contributed by atoms with Crippen LogP contribution in [0.15, 0.2) is 48.6 Å². The van der Waals surface area contributed by atoms with E-state index in [2.05, 4.69) is 27.6 Å². The number of halogens is 1. The van der Waals surface area contributed by atoms with Crippen LogP contribution in [0.5, 0.6) is 5.75 Å². The highest BCUT2D eigenvalue weighted by molar-refractivity contribution is 7.99. The van der Waals surface area contributed by atoms with Gasteiger partial charge in [0.2, 0.25) is 0 Å². The predicted molar refractivity (Wildman–Crippen MR) is 191 cm³/mol. The average molecular weight is 703 g/mol. The van der Waals surface area contributed by atoms with Crippen LogP contribution in [0.4, 0.5) is 5.69 Å². The number of allylic oxidation sites excluding steroid dienone is 1. The lowest BCUT2D eigenvalue weighted by molar-refractivity contribution is -0.0596. The van der Waals surface area contributed by atoms with Gasteiger partial charge in [0.1, 0.15) is 11.4 Å². The molecule has 1 amide bonds.